The zero-order valence-corrected chi connectivity index (χ0v) is 11.6. The third-order valence-corrected chi connectivity index (χ3v) is 3.54. The van der Waals surface area contributed by atoms with Crippen LogP contribution >= 0.6 is 0 Å². The van der Waals surface area contributed by atoms with E-state index in [1.807, 2.05) is 0 Å². The SMILES string of the molecule is O=C(CCC(F)(F)F)NCCCN1CCCCC1CO. The van der Waals surface area contributed by atoms with Gasteiger partial charge in [0.2, 0.25) is 5.91 Å². The molecule has 0 radical (unpaired) electrons. The van der Waals surface area contributed by atoms with Crippen LogP contribution in [0, 0.1) is 0 Å². The van der Waals surface area contributed by atoms with Crippen LogP contribution in [0.4, 0.5) is 13.2 Å². The molecule has 0 bridgehead atoms. The number of halogens is 3. The topological polar surface area (TPSA) is 52.6 Å². The average molecular weight is 296 g/mol. The normalized spacial score (nSPS) is 20.9. The van der Waals surface area contributed by atoms with E-state index in [2.05, 4.69) is 10.2 Å². The van der Waals surface area contributed by atoms with Crippen LogP contribution in [0.15, 0.2) is 0 Å². The highest BCUT2D eigenvalue weighted by atomic mass is 19.4. The van der Waals surface area contributed by atoms with Gasteiger partial charge in [-0.3, -0.25) is 9.69 Å². The van der Waals surface area contributed by atoms with Crippen molar-refractivity contribution in [1.82, 2.24) is 10.2 Å². The van der Waals surface area contributed by atoms with E-state index in [1.54, 1.807) is 0 Å². The molecule has 1 rings (SSSR count). The lowest BCUT2D eigenvalue weighted by atomic mass is 10.0. The molecule has 1 aliphatic heterocycles. The van der Waals surface area contributed by atoms with Gasteiger partial charge in [0, 0.05) is 25.6 Å². The number of alkyl halides is 3. The quantitative estimate of drug-likeness (QED) is 0.703. The average Bonchev–Trinajstić information content (AvgIpc) is 2.41. The molecule has 1 aliphatic rings. The second kappa shape index (κ2) is 8.46. The Morgan fingerprint density at radius 2 is 2.10 bits per heavy atom. The van der Waals surface area contributed by atoms with Crippen LogP contribution < -0.4 is 5.32 Å². The molecular weight excluding hydrogens is 273 g/mol. The lowest BCUT2D eigenvalue weighted by Crippen LogP contribution is -2.43. The number of nitrogens with one attached hydrogen (secondary N) is 1. The number of rotatable bonds is 7. The Morgan fingerprint density at radius 3 is 2.75 bits per heavy atom. The first-order chi connectivity index (χ1) is 9.42. The van der Waals surface area contributed by atoms with Crippen molar-refractivity contribution < 1.29 is 23.1 Å². The number of piperidine rings is 1. The van der Waals surface area contributed by atoms with E-state index in [4.69, 9.17) is 0 Å². The molecule has 0 spiro atoms. The Balaban J connectivity index is 2.10. The van der Waals surface area contributed by atoms with Crippen molar-refractivity contribution in [2.24, 2.45) is 0 Å². The number of hydrogen-bond donors (Lipinski definition) is 2. The van der Waals surface area contributed by atoms with Gasteiger partial charge in [0.05, 0.1) is 13.0 Å². The number of nitrogens with zero attached hydrogens (tertiary/aromatic N) is 1. The number of likely N-dealkylation sites (tertiary alicyclic amines) is 1. The van der Waals surface area contributed by atoms with Crippen molar-refractivity contribution in [2.75, 3.05) is 26.2 Å². The smallest absolute Gasteiger partial charge is 0.389 e. The maximum atomic E-state index is 11.9. The molecule has 1 unspecified atom stereocenters. The lowest BCUT2D eigenvalue weighted by molar-refractivity contribution is -0.144. The van der Waals surface area contributed by atoms with Gasteiger partial charge in [-0.1, -0.05) is 6.42 Å². The summed E-state index contributed by atoms with van der Waals surface area (Å²) >= 11 is 0. The van der Waals surface area contributed by atoms with Gasteiger partial charge in [-0.25, -0.2) is 0 Å². The molecule has 2 N–H and O–H groups in total. The first-order valence-corrected chi connectivity index (χ1v) is 7.11. The summed E-state index contributed by atoms with van der Waals surface area (Å²) in [6, 6.07) is 0.185. The highest BCUT2D eigenvalue weighted by molar-refractivity contribution is 5.75. The van der Waals surface area contributed by atoms with Gasteiger partial charge in [-0.05, 0) is 25.8 Å². The zero-order chi connectivity index (χ0) is 15.0. The molecule has 1 heterocycles. The van der Waals surface area contributed by atoms with Gasteiger partial charge < -0.3 is 10.4 Å². The van der Waals surface area contributed by atoms with Crippen molar-refractivity contribution in [3.05, 3.63) is 0 Å². The Bertz CT molecular complexity index is 298. The highest BCUT2D eigenvalue weighted by Crippen LogP contribution is 2.21. The molecule has 20 heavy (non-hydrogen) atoms. The van der Waals surface area contributed by atoms with Gasteiger partial charge in [0.1, 0.15) is 0 Å². The summed E-state index contributed by atoms with van der Waals surface area (Å²) in [5.74, 6) is -0.556. The number of carbonyl (C=O) groups excluding carboxylic acids is 1. The molecule has 1 atom stereocenters. The fourth-order valence-corrected chi connectivity index (χ4v) is 2.41. The van der Waals surface area contributed by atoms with Gasteiger partial charge in [0.15, 0.2) is 0 Å². The molecule has 0 aliphatic carbocycles. The van der Waals surface area contributed by atoms with E-state index < -0.39 is 24.9 Å². The molecule has 1 amide bonds. The van der Waals surface area contributed by atoms with E-state index in [0.29, 0.717) is 13.0 Å². The minimum atomic E-state index is -4.28. The second-order valence-corrected chi connectivity index (χ2v) is 5.19. The molecular formula is C13H23F3N2O2. The first-order valence-electron chi connectivity index (χ1n) is 7.11. The third-order valence-electron chi connectivity index (χ3n) is 3.54. The van der Waals surface area contributed by atoms with Crippen LogP contribution in [0.3, 0.4) is 0 Å². The molecule has 4 nitrogen and oxygen atoms in total. The summed E-state index contributed by atoms with van der Waals surface area (Å²) in [7, 11) is 0. The number of aliphatic hydroxyl groups excluding tert-OH is 1. The Morgan fingerprint density at radius 1 is 1.35 bits per heavy atom. The molecule has 1 saturated heterocycles. The van der Waals surface area contributed by atoms with Crippen LogP contribution in [-0.4, -0.2) is 54.4 Å². The van der Waals surface area contributed by atoms with Gasteiger partial charge in [-0.2, -0.15) is 13.2 Å². The van der Waals surface area contributed by atoms with Crippen molar-refractivity contribution in [3.8, 4) is 0 Å². The number of carbonyl (C=O) groups is 1. The summed E-state index contributed by atoms with van der Waals surface area (Å²) in [5, 5.41) is 11.7. The summed E-state index contributed by atoms with van der Waals surface area (Å²) in [6.45, 7) is 2.21. The van der Waals surface area contributed by atoms with Crippen molar-refractivity contribution in [2.45, 2.75) is 50.7 Å². The van der Waals surface area contributed by atoms with Gasteiger partial charge in [0.25, 0.3) is 0 Å². The maximum Gasteiger partial charge on any atom is 0.389 e. The van der Waals surface area contributed by atoms with E-state index in [1.165, 1.54) is 0 Å². The molecule has 0 saturated carbocycles. The van der Waals surface area contributed by atoms with Gasteiger partial charge in [-0.15, -0.1) is 0 Å². The molecule has 0 aromatic heterocycles. The predicted octanol–water partition coefficient (Wildman–Crippen LogP) is 1.68. The molecule has 0 aromatic rings. The molecule has 0 aromatic carbocycles. The van der Waals surface area contributed by atoms with Crippen molar-refractivity contribution >= 4 is 5.91 Å². The molecule has 7 heteroatoms. The van der Waals surface area contributed by atoms with E-state index in [-0.39, 0.29) is 12.6 Å². The number of aliphatic hydroxyl groups is 1. The number of hydrogen-bond acceptors (Lipinski definition) is 3. The van der Waals surface area contributed by atoms with Crippen LogP contribution in [0.2, 0.25) is 0 Å². The van der Waals surface area contributed by atoms with Crippen molar-refractivity contribution in [1.29, 1.82) is 0 Å². The minimum absolute atomic E-state index is 0.137. The maximum absolute atomic E-state index is 11.9. The summed E-state index contributed by atoms with van der Waals surface area (Å²) < 4.78 is 35.8. The Labute approximate surface area is 117 Å². The van der Waals surface area contributed by atoms with E-state index in [9.17, 15) is 23.1 Å². The lowest BCUT2D eigenvalue weighted by Gasteiger charge is -2.34. The fraction of sp³-hybridized carbons (Fsp3) is 0.923. The largest absolute Gasteiger partial charge is 0.395 e. The van der Waals surface area contributed by atoms with Crippen LogP contribution in [0.5, 0.6) is 0 Å². The monoisotopic (exact) mass is 296 g/mol. The minimum Gasteiger partial charge on any atom is -0.395 e. The highest BCUT2D eigenvalue weighted by Gasteiger charge is 2.27. The van der Waals surface area contributed by atoms with E-state index in [0.717, 1.165) is 32.4 Å². The Hall–Kier alpha value is -0.820. The van der Waals surface area contributed by atoms with Crippen LogP contribution in [-0.2, 0) is 4.79 Å². The zero-order valence-electron chi connectivity index (χ0n) is 11.6. The van der Waals surface area contributed by atoms with E-state index >= 15 is 0 Å². The van der Waals surface area contributed by atoms with Crippen LogP contribution in [0.25, 0.3) is 0 Å². The predicted molar refractivity (Wildman–Crippen MR) is 69.2 cm³/mol. The molecule has 118 valence electrons. The van der Waals surface area contributed by atoms with Gasteiger partial charge >= 0.3 is 6.18 Å². The standard InChI is InChI=1S/C13H23F3N2O2/c14-13(15,16)6-5-12(20)17-7-3-9-18-8-2-1-4-11(18)10-19/h11,19H,1-10H2,(H,17,20). The summed E-state index contributed by atoms with van der Waals surface area (Å²) in [4.78, 5) is 13.4. The molecule has 1 fully saturated rings. The van der Waals surface area contributed by atoms with Crippen LogP contribution in [0.1, 0.15) is 38.5 Å². The second-order valence-electron chi connectivity index (χ2n) is 5.19. The number of amides is 1. The first kappa shape index (κ1) is 17.2. The summed E-state index contributed by atoms with van der Waals surface area (Å²) in [5.41, 5.74) is 0. The Kier molecular flexibility index (Phi) is 7.29. The van der Waals surface area contributed by atoms with Crippen molar-refractivity contribution in [3.63, 3.8) is 0 Å². The third kappa shape index (κ3) is 7.09. The summed E-state index contributed by atoms with van der Waals surface area (Å²) in [6.07, 6.45) is -1.96. The fourth-order valence-electron chi connectivity index (χ4n) is 2.41.